The Bertz CT molecular complexity index is 664. The first-order valence-corrected chi connectivity index (χ1v) is 9.64. The van der Waals surface area contributed by atoms with Crippen LogP contribution in [0.4, 0.5) is 8.78 Å². The number of carbonyl (C=O) groups excluding carboxylic acids is 1. The van der Waals surface area contributed by atoms with Crippen LogP contribution in [0.2, 0.25) is 0 Å². The van der Waals surface area contributed by atoms with E-state index in [0.717, 1.165) is 12.1 Å². The number of nitrogens with zero attached hydrogens (tertiary/aromatic N) is 1. The minimum atomic E-state index is -2.95. The monoisotopic (exact) mass is 349 g/mol. The number of halogens is 2. The van der Waals surface area contributed by atoms with Gasteiger partial charge in [0.15, 0.2) is 9.84 Å². The summed E-state index contributed by atoms with van der Waals surface area (Å²) in [4.78, 5) is 13.4. The van der Waals surface area contributed by atoms with Gasteiger partial charge in [0.1, 0.15) is 11.6 Å². The van der Waals surface area contributed by atoms with Crippen LogP contribution in [0.5, 0.6) is 0 Å². The first-order chi connectivity index (χ1) is 10.3. The van der Waals surface area contributed by atoms with Gasteiger partial charge in [0.05, 0.1) is 17.3 Å². The zero-order valence-corrected chi connectivity index (χ0v) is 13.7. The molecule has 1 aromatic rings. The van der Waals surface area contributed by atoms with E-state index >= 15 is 0 Å². The molecule has 0 spiro atoms. The van der Waals surface area contributed by atoms with Crippen molar-refractivity contribution in [2.45, 2.75) is 18.2 Å². The lowest BCUT2D eigenvalue weighted by atomic mass is 10.2. The molecule has 0 bridgehead atoms. The van der Waals surface area contributed by atoms with Crippen LogP contribution in [0.3, 0.4) is 0 Å². The summed E-state index contributed by atoms with van der Waals surface area (Å²) in [6.07, 6.45) is 0.566. The van der Waals surface area contributed by atoms with Crippen LogP contribution in [-0.2, 0) is 21.2 Å². The van der Waals surface area contributed by atoms with Gasteiger partial charge < -0.3 is 4.90 Å². The standard InChI is InChI=1S/C14H17F2NO3S2/c1-17(7-10-2-3-11(15)6-13(10)16)14(18)8-21-12-4-5-22(19,20)9-12/h2-3,6,12H,4-5,7-9H2,1H3. The Balaban J connectivity index is 1.84. The van der Waals surface area contributed by atoms with Crippen LogP contribution in [0.15, 0.2) is 18.2 Å². The van der Waals surface area contributed by atoms with Gasteiger partial charge in [-0.3, -0.25) is 4.79 Å². The fourth-order valence-corrected chi connectivity index (χ4v) is 5.77. The molecule has 1 aliphatic heterocycles. The highest BCUT2D eigenvalue weighted by Gasteiger charge is 2.28. The lowest BCUT2D eigenvalue weighted by molar-refractivity contribution is -0.127. The molecule has 0 radical (unpaired) electrons. The molecule has 0 aliphatic carbocycles. The van der Waals surface area contributed by atoms with Crippen LogP contribution in [0.25, 0.3) is 0 Å². The number of thioether (sulfide) groups is 1. The van der Waals surface area contributed by atoms with Gasteiger partial charge >= 0.3 is 0 Å². The molecule has 1 unspecified atom stereocenters. The van der Waals surface area contributed by atoms with Gasteiger partial charge in [-0.1, -0.05) is 6.07 Å². The first-order valence-electron chi connectivity index (χ1n) is 6.77. The van der Waals surface area contributed by atoms with E-state index in [4.69, 9.17) is 0 Å². The quantitative estimate of drug-likeness (QED) is 0.814. The van der Waals surface area contributed by atoms with E-state index in [0.29, 0.717) is 6.42 Å². The average Bonchev–Trinajstić information content (AvgIpc) is 2.78. The Hall–Kier alpha value is -1.15. The van der Waals surface area contributed by atoms with E-state index in [1.165, 1.54) is 29.8 Å². The fourth-order valence-electron chi connectivity index (χ4n) is 2.19. The van der Waals surface area contributed by atoms with Crippen molar-refractivity contribution in [2.24, 2.45) is 0 Å². The Morgan fingerprint density at radius 2 is 2.14 bits per heavy atom. The number of rotatable bonds is 5. The third-order valence-corrected chi connectivity index (χ3v) is 6.75. The molecule has 1 heterocycles. The molecule has 2 rings (SSSR count). The number of benzene rings is 1. The zero-order valence-electron chi connectivity index (χ0n) is 12.1. The highest BCUT2D eigenvalue weighted by Crippen LogP contribution is 2.24. The van der Waals surface area contributed by atoms with Crippen LogP contribution in [-0.4, -0.2) is 48.8 Å². The Labute approximate surface area is 132 Å². The largest absolute Gasteiger partial charge is 0.341 e. The average molecular weight is 349 g/mol. The molecular weight excluding hydrogens is 332 g/mol. The molecule has 1 saturated heterocycles. The molecule has 122 valence electrons. The van der Waals surface area contributed by atoms with E-state index in [-0.39, 0.29) is 40.5 Å². The highest BCUT2D eigenvalue weighted by molar-refractivity contribution is 8.02. The van der Waals surface area contributed by atoms with E-state index in [9.17, 15) is 22.0 Å². The number of carbonyl (C=O) groups is 1. The maximum atomic E-state index is 13.5. The molecule has 0 aromatic heterocycles. The van der Waals surface area contributed by atoms with Crippen molar-refractivity contribution in [1.82, 2.24) is 4.90 Å². The van der Waals surface area contributed by atoms with E-state index in [1.54, 1.807) is 0 Å². The summed E-state index contributed by atoms with van der Waals surface area (Å²) in [5.74, 6) is -1.11. The van der Waals surface area contributed by atoms with Crippen molar-refractivity contribution in [3.63, 3.8) is 0 Å². The van der Waals surface area contributed by atoms with Gasteiger partial charge in [0.25, 0.3) is 0 Å². The predicted octanol–water partition coefficient (Wildman–Crippen LogP) is 1.84. The minimum absolute atomic E-state index is 0.0501. The van der Waals surface area contributed by atoms with Crippen molar-refractivity contribution in [2.75, 3.05) is 24.3 Å². The van der Waals surface area contributed by atoms with E-state index < -0.39 is 21.5 Å². The lowest BCUT2D eigenvalue weighted by Crippen LogP contribution is -2.29. The van der Waals surface area contributed by atoms with Crippen LogP contribution >= 0.6 is 11.8 Å². The second-order valence-electron chi connectivity index (χ2n) is 5.32. The van der Waals surface area contributed by atoms with Gasteiger partial charge in [-0.25, -0.2) is 17.2 Å². The van der Waals surface area contributed by atoms with Gasteiger partial charge in [-0.15, -0.1) is 11.8 Å². The molecule has 0 N–H and O–H groups in total. The Morgan fingerprint density at radius 1 is 1.41 bits per heavy atom. The summed E-state index contributed by atoms with van der Waals surface area (Å²) in [5, 5.41) is -0.0510. The molecule has 1 amide bonds. The van der Waals surface area contributed by atoms with Crippen molar-refractivity contribution in [3.8, 4) is 0 Å². The van der Waals surface area contributed by atoms with E-state index in [1.807, 2.05) is 0 Å². The van der Waals surface area contributed by atoms with Crippen LogP contribution in [0, 0.1) is 11.6 Å². The van der Waals surface area contributed by atoms with Crippen LogP contribution in [0.1, 0.15) is 12.0 Å². The number of hydrogen-bond donors (Lipinski definition) is 0. The van der Waals surface area contributed by atoms with Gasteiger partial charge in [-0.2, -0.15) is 0 Å². The van der Waals surface area contributed by atoms with Crippen molar-refractivity contribution in [1.29, 1.82) is 0 Å². The SMILES string of the molecule is CN(Cc1ccc(F)cc1F)C(=O)CSC1CCS(=O)(=O)C1. The van der Waals surface area contributed by atoms with Crippen molar-refractivity contribution in [3.05, 3.63) is 35.4 Å². The molecule has 4 nitrogen and oxygen atoms in total. The zero-order chi connectivity index (χ0) is 16.3. The van der Waals surface area contributed by atoms with E-state index in [2.05, 4.69) is 0 Å². The summed E-state index contributed by atoms with van der Waals surface area (Å²) in [6, 6.07) is 3.24. The third kappa shape index (κ3) is 4.67. The van der Waals surface area contributed by atoms with Crippen LogP contribution < -0.4 is 0 Å². The lowest BCUT2D eigenvalue weighted by Gasteiger charge is -2.18. The molecule has 1 fully saturated rings. The maximum Gasteiger partial charge on any atom is 0.232 e. The molecule has 0 saturated carbocycles. The Morgan fingerprint density at radius 3 is 2.73 bits per heavy atom. The second kappa shape index (κ2) is 6.95. The number of sulfone groups is 1. The first kappa shape index (κ1) is 17.2. The van der Waals surface area contributed by atoms with Crippen molar-refractivity contribution >= 4 is 27.5 Å². The fraction of sp³-hybridized carbons (Fsp3) is 0.500. The minimum Gasteiger partial charge on any atom is -0.341 e. The normalized spacial score (nSPS) is 20.0. The molecule has 1 atom stereocenters. The van der Waals surface area contributed by atoms with Crippen molar-refractivity contribution < 1.29 is 22.0 Å². The number of amides is 1. The molecule has 1 aromatic carbocycles. The van der Waals surface area contributed by atoms with Gasteiger partial charge in [0.2, 0.25) is 5.91 Å². The number of hydrogen-bond acceptors (Lipinski definition) is 4. The molecule has 22 heavy (non-hydrogen) atoms. The summed E-state index contributed by atoms with van der Waals surface area (Å²) in [6.45, 7) is 0.0501. The third-order valence-electron chi connectivity index (χ3n) is 3.48. The Kier molecular flexibility index (Phi) is 5.44. The molecule has 1 aliphatic rings. The van der Waals surface area contributed by atoms with Gasteiger partial charge in [0, 0.05) is 30.5 Å². The molecule has 8 heteroatoms. The summed E-state index contributed by atoms with van der Waals surface area (Å²) >= 11 is 1.32. The molecular formula is C14H17F2NO3S2. The maximum absolute atomic E-state index is 13.5. The van der Waals surface area contributed by atoms with Gasteiger partial charge in [-0.05, 0) is 12.5 Å². The topological polar surface area (TPSA) is 54.5 Å². The smallest absolute Gasteiger partial charge is 0.232 e. The second-order valence-corrected chi connectivity index (χ2v) is 8.84. The predicted molar refractivity (Wildman–Crippen MR) is 82.3 cm³/mol. The summed E-state index contributed by atoms with van der Waals surface area (Å²) < 4.78 is 49.1. The summed E-state index contributed by atoms with van der Waals surface area (Å²) in [7, 11) is -1.41. The summed E-state index contributed by atoms with van der Waals surface area (Å²) in [5.41, 5.74) is 0.241. The highest BCUT2D eigenvalue weighted by atomic mass is 32.2.